The van der Waals surface area contributed by atoms with Crippen LogP contribution in [0.2, 0.25) is 0 Å². The third kappa shape index (κ3) is 2.71. The quantitative estimate of drug-likeness (QED) is 0.630. The minimum Gasteiger partial charge on any atom is -0.395 e. The molecule has 3 unspecified atom stereocenters. The van der Waals surface area contributed by atoms with E-state index in [0.29, 0.717) is 23.4 Å². The molecule has 3 heterocycles. The van der Waals surface area contributed by atoms with E-state index >= 15 is 0 Å². The Morgan fingerprint density at radius 2 is 2.32 bits per heavy atom. The number of anilines is 2. The van der Waals surface area contributed by atoms with Gasteiger partial charge in [-0.2, -0.15) is 9.97 Å². The molecule has 2 aromatic rings. The summed E-state index contributed by atoms with van der Waals surface area (Å²) in [5.74, 6) is 0.820. The molecule has 120 valence electrons. The van der Waals surface area contributed by atoms with Crippen molar-refractivity contribution in [2.75, 3.05) is 24.2 Å². The van der Waals surface area contributed by atoms with Crippen LogP contribution in [0.5, 0.6) is 0 Å². The van der Waals surface area contributed by atoms with Crippen LogP contribution in [0.3, 0.4) is 0 Å². The van der Waals surface area contributed by atoms with Crippen LogP contribution >= 0.6 is 11.8 Å². The second kappa shape index (κ2) is 6.27. The second-order valence-electron chi connectivity index (χ2n) is 5.30. The first kappa shape index (κ1) is 15.3. The van der Waals surface area contributed by atoms with Gasteiger partial charge in [-0.15, -0.1) is 11.8 Å². The van der Waals surface area contributed by atoms with E-state index in [-0.39, 0.29) is 23.2 Å². The summed E-state index contributed by atoms with van der Waals surface area (Å²) in [6.45, 7) is 2.80. The van der Waals surface area contributed by atoms with Gasteiger partial charge >= 0.3 is 0 Å². The van der Waals surface area contributed by atoms with Crippen LogP contribution in [-0.2, 0) is 0 Å². The Labute approximate surface area is 132 Å². The summed E-state index contributed by atoms with van der Waals surface area (Å²) < 4.78 is 1.90. The fourth-order valence-corrected chi connectivity index (χ4v) is 3.94. The van der Waals surface area contributed by atoms with Gasteiger partial charge in [-0.05, 0) is 6.42 Å². The summed E-state index contributed by atoms with van der Waals surface area (Å²) in [4.78, 5) is 12.9. The smallest absolute Gasteiger partial charge is 0.224 e. The van der Waals surface area contributed by atoms with Crippen molar-refractivity contribution in [1.82, 2.24) is 19.5 Å². The molecule has 3 rings (SSSR count). The fourth-order valence-electron chi connectivity index (χ4n) is 2.56. The monoisotopic (exact) mass is 324 g/mol. The Kier molecular flexibility index (Phi) is 4.37. The predicted molar refractivity (Wildman–Crippen MR) is 86.6 cm³/mol. The van der Waals surface area contributed by atoms with E-state index < -0.39 is 6.10 Å². The lowest BCUT2D eigenvalue weighted by Gasteiger charge is -2.12. The van der Waals surface area contributed by atoms with Gasteiger partial charge in [-0.25, -0.2) is 4.98 Å². The van der Waals surface area contributed by atoms with E-state index in [9.17, 15) is 10.2 Å². The highest BCUT2D eigenvalue weighted by atomic mass is 32.2. The number of hydrogen-bond acceptors (Lipinski definition) is 8. The number of nitrogens with one attached hydrogen (secondary N) is 1. The Hall–Kier alpha value is -1.58. The molecule has 3 atom stereocenters. The molecule has 8 nitrogen and oxygen atoms in total. The van der Waals surface area contributed by atoms with Crippen molar-refractivity contribution in [1.29, 1.82) is 0 Å². The van der Waals surface area contributed by atoms with Gasteiger partial charge in [0.05, 0.1) is 29.7 Å². The van der Waals surface area contributed by atoms with Crippen LogP contribution in [0, 0.1) is 0 Å². The Balaban J connectivity index is 1.96. The summed E-state index contributed by atoms with van der Waals surface area (Å²) in [7, 11) is 0. The van der Waals surface area contributed by atoms with Gasteiger partial charge < -0.3 is 25.8 Å². The molecule has 0 aromatic carbocycles. The minimum absolute atomic E-state index is 0.0227. The molecule has 22 heavy (non-hydrogen) atoms. The van der Waals surface area contributed by atoms with Gasteiger partial charge in [-0.3, -0.25) is 0 Å². The maximum absolute atomic E-state index is 9.97. The SMILES string of the molecule is CCCNc1nc(N)nc2c1ncn2C1CC(O)C(CO)S1. The summed E-state index contributed by atoms with van der Waals surface area (Å²) >= 11 is 1.52. The summed E-state index contributed by atoms with van der Waals surface area (Å²) in [5, 5.41) is 22.3. The molecule has 0 radical (unpaired) electrons. The number of hydrogen-bond donors (Lipinski definition) is 4. The molecule has 1 aliphatic heterocycles. The van der Waals surface area contributed by atoms with E-state index in [2.05, 4.69) is 27.2 Å². The molecular weight excluding hydrogens is 304 g/mol. The van der Waals surface area contributed by atoms with E-state index in [1.54, 1.807) is 6.33 Å². The van der Waals surface area contributed by atoms with Crippen molar-refractivity contribution in [3.05, 3.63) is 6.33 Å². The maximum atomic E-state index is 9.97. The number of nitrogens with two attached hydrogens (primary N) is 1. The molecule has 5 N–H and O–H groups in total. The van der Waals surface area contributed by atoms with Crippen LogP contribution in [0.1, 0.15) is 25.1 Å². The van der Waals surface area contributed by atoms with Crippen LogP contribution in [0.4, 0.5) is 11.8 Å². The number of nitrogen functional groups attached to an aromatic ring is 1. The zero-order valence-corrected chi connectivity index (χ0v) is 13.1. The molecule has 2 aromatic heterocycles. The Bertz CT molecular complexity index is 663. The van der Waals surface area contributed by atoms with Gasteiger partial charge in [0.2, 0.25) is 5.95 Å². The summed E-state index contributed by atoms with van der Waals surface area (Å²) in [6, 6.07) is 0. The van der Waals surface area contributed by atoms with Crippen LogP contribution < -0.4 is 11.1 Å². The highest BCUT2D eigenvalue weighted by molar-refractivity contribution is 8.00. The first-order valence-corrected chi connectivity index (χ1v) is 8.26. The van der Waals surface area contributed by atoms with Crippen LogP contribution in [-0.4, -0.2) is 54.2 Å². The van der Waals surface area contributed by atoms with Crippen molar-refractivity contribution in [3.63, 3.8) is 0 Å². The summed E-state index contributed by atoms with van der Waals surface area (Å²) in [5.41, 5.74) is 7.12. The lowest BCUT2D eigenvalue weighted by atomic mass is 10.2. The van der Waals surface area contributed by atoms with Gasteiger partial charge in [0, 0.05) is 13.0 Å². The van der Waals surface area contributed by atoms with E-state index in [1.165, 1.54) is 11.8 Å². The number of fused-ring (bicyclic) bond motifs is 1. The van der Waals surface area contributed by atoms with Crippen LogP contribution in [0.25, 0.3) is 11.2 Å². The van der Waals surface area contributed by atoms with Crippen molar-refractivity contribution >= 4 is 34.7 Å². The fraction of sp³-hybridized carbons (Fsp3) is 0.615. The van der Waals surface area contributed by atoms with Gasteiger partial charge in [0.25, 0.3) is 0 Å². The molecule has 1 fully saturated rings. The average Bonchev–Trinajstić information content (AvgIpc) is 3.07. The first-order valence-electron chi connectivity index (χ1n) is 7.32. The van der Waals surface area contributed by atoms with Crippen molar-refractivity contribution < 1.29 is 10.2 Å². The highest BCUT2D eigenvalue weighted by Gasteiger charge is 2.35. The number of imidazole rings is 1. The topological polar surface area (TPSA) is 122 Å². The van der Waals surface area contributed by atoms with E-state index in [1.807, 2.05) is 4.57 Å². The van der Waals surface area contributed by atoms with Crippen LogP contribution in [0.15, 0.2) is 6.33 Å². The number of thioether (sulfide) groups is 1. The number of nitrogens with zero attached hydrogens (tertiary/aromatic N) is 4. The zero-order chi connectivity index (χ0) is 15.7. The standard InChI is InChI=1S/C13H20N6O2S/c1-2-3-15-11-10-12(18-13(14)17-11)19(6-16-10)9-4-7(21)8(5-20)22-9/h6-9,20-21H,2-5H2,1H3,(H3,14,15,17,18). The highest BCUT2D eigenvalue weighted by Crippen LogP contribution is 2.42. The number of rotatable bonds is 5. The molecule has 0 spiro atoms. The van der Waals surface area contributed by atoms with Gasteiger partial charge in [0.1, 0.15) is 0 Å². The molecule has 0 amide bonds. The van der Waals surface area contributed by atoms with E-state index in [0.717, 1.165) is 13.0 Å². The molecule has 1 aliphatic rings. The third-order valence-electron chi connectivity index (χ3n) is 3.68. The first-order chi connectivity index (χ1) is 10.6. The molecule has 0 aliphatic carbocycles. The number of aromatic nitrogens is 4. The zero-order valence-electron chi connectivity index (χ0n) is 12.3. The Morgan fingerprint density at radius 3 is 3.00 bits per heavy atom. The molecule has 1 saturated heterocycles. The molecule has 9 heteroatoms. The summed E-state index contributed by atoms with van der Waals surface area (Å²) in [6.07, 6.45) is 2.67. The van der Waals surface area contributed by atoms with Gasteiger partial charge in [0.15, 0.2) is 17.0 Å². The number of aliphatic hydroxyl groups excluding tert-OH is 2. The second-order valence-corrected chi connectivity index (χ2v) is 6.72. The maximum Gasteiger partial charge on any atom is 0.224 e. The average molecular weight is 324 g/mol. The molecule has 0 saturated carbocycles. The molecular formula is C13H20N6O2S. The molecule has 0 bridgehead atoms. The van der Waals surface area contributed by atoms with Gasteiger partial charge in [-0.1, -0.05) is 6.92 Å². The van der Waals surface area contributed by atoms with Crippen molar-refractivity contribution in [2.24, 2.45) is 0 Å². The number of aliphatic hydroxyl groups is 2. The third-order valence-corrected chi connectivity index (χ3v) is 5.22. The lowest BCUT2D eigenvalue weighted by molar-refractivity contribution is 0.138. The Morgan fingerprint density at radius 1 is 1.50 bits per heavy atom. The normalized spacial score (nSPS) is 25.0. The van der Waals surface area contributed by atoms with E-state index in [4.69, 9.17) is 5.73 Å². The lowest BCUT2D eigenvalue weighted by Crippen LogP contribution is -2.20. The largest absolute Gasteiger partial charge is 0.395 e. The predicted octanol–water partition coefficient (Wildman–Crippen LogP) is 0.588. The van der Waals surface area contributed by atoms with Crippen molar-refractivity contribution in [2.45, 2.75) is 36.5 Å². The minimum atomic E-state index is -0.533. The van der Waals surface area contributed by atoms with Crippen molar-refractivity contribution in [3.8, 4) is 0 Å².